The second kappa shape index (κ2) is 9.46. The Kier molecular flexibility index (Phi) is 6.03. The number of nitrogens with two attached hydrogens (primary N) is 1. The minimum absolute atomic E-state index is 0.200. The van der Waals surface area contributed by atoms with Crippen LogP contribution in [0.5, 0.6) is 17.2 Å². The van der Waals surface area contributed by atoms with E-state index in [2.05, 4.69) is 5.32 Å². The summed E-state index contributed by atoms with van der Waals surface area (Å²) in [6.45, 7) is 0.200. The van der Waals surface area contributed by atoms with Crippen molar-refractivity contribution in [2.75, 3.05) is 27.1 Å². The van der Waals surface area contributed by atoms with Crippen LogP contribution in [0.2, 0.25) is 0 Å². The molecule has 0 radical (unpaired) electrons. The van der Waals surface area contributed by atoms with Gasteiger partial charge in [0.1, 0.15) is 22.6 Å². The quantitative estimate of drug-likeness (QED) is 0.358. The third kappa shape index (κ3) is 3.90. The van der Waals surface area contributed by atoms with Gasteiger partial charge in [-0.2, -0.15) is 0 Å². The lowest BCUT2D eigenvalue weighted by atomic mass is 10.1. The van der Waals surface area contributed by atoms with Crippen LogP contribution in [0.4, 0.5) is 5.82 Å². The van der Waals surface area contributed by atoms with Gasteiger partial charge in [0.15, 0.2) is 17.1 Å². The Balaban J connectivity index is 1.63. The molecule has 0 saturated heterocycles. The van der Waals surface area contributed by atoms with Crippen molar-refractivity contribution < 1.29 is 19.0 Å². The van der Waals surface area contributed by atoms with Gasteiger partial charge in [0.2, 0.25) is 0 Å². The molecule has 3 N–H and O–H groups in total. The molecular weight excluding hydrogens is 458 g/mol. The van der Waals surface area contributed by atoms with Crippen LogP contribution in [0.3, 0.4) is 0 Å². The van der Waals surface area contributed by atoms with Crippen LogP contribution in [0.15, 0.2) is 66.7 Å². The van der Waals surface area contributed by atoms with Crippen molar-refractivity contribution in [3.05, 3.63) is 77.9 Å². The number of aromatic nitrogens is 3. The van der Waals surface area contributed by atoms with E-state index in [1.165, 1.54) is 0 Å². The number of hydrogen-bond acceptors (Lipinski definition) is 7. The molecule has 0 fully saturated rings. The van der Waals surface area contributed by atoms with Crippen LogP contribution < -0.4 is 25.3 Å². The summed E-state index contributed by atoms with van der Waals surface area (Å²) in [5.41, 5.74) is 10.6. The Morgan fingerprint density at radius 2 is 1.67 bits per heavy atom. The summed E-state index contributed by atoms with van der Waals surface area (Å²) < 4.78 is 18.0. The highest BCUT2D eigenvalue weighted by molar-refractivity contribution is 6.11. The largest absolute Gasteiger partial charge is 0.497 e. The first kappa shape index (κ1) is 23.0. The molecule has 0 saturated carbocycles. The number of amides is 1. The fourth-order valence-corrected chi connectivity index (χ4v) is 4.25. The minimum Gasteiger partial charge on any atom is -0.497 e. The van der Waals surface area contributed by atoms with Gasteiger partial charge >= 0.3 is 0 Å². The second-order valence-electron chi connectivity index (χ2n) is 8.02. The molecule has 0 spiro atoms. The predicted octanol–water partition coefficient (Wildman–Crippen LogP) is 4.11. The van der Waals surface area contributed by atoms with E-state index in [0.717, 1.165) is 5.56 Å². The average molecular weight is 484 g/mol. The third-order valence-corrected chi connectivity index (χ3v) is 5.96. The maximum absolute atomic E-state index is 13.5. The molecule has 36 heavy (non-hydrogen) atoms. The lowest BCUT2D eigenvalue weighted by Crippen LogP contribution is -2.24. The van der Waals surface area contributed by atoms with Gasteiger partial charge < -0.3 is 25.3 Å². The number of rotatable bonds is 7. The number of carbonyl (C=O) groups is 1. The second-order valence-corrected chi connectivity index (χ2v) is 8.02. The number of ether oxygens (including phenoxy) is 3. The van der Waals surface area contributed by atoms with Gasteiger partial charge in [-0.15, -0.1) is 0 Å². The van der Waals surface area contributed by atoms with Crippen LogP contribution in [0, 0.1) is 0 Å². The number of carbonyl (C=O) groups excluding carboxylic acids is 1. The van der Waals surface area contributed by atoms with Gasteiger partial charge in [-0.25, -0.2) is 9.97 Å². The van der Waals surface area contributed by atoms with Crippen LogP contribution in [0.1, 0.15) is 15.9 Å². The summed E-state index contributed by atoms with van der Waals surface area (Å²) in [7, 11) is 4.72. The van der Waals surface area contributed by atoms with E-state index in [-0.39, 0.29) is 23.8 Å². The molecule has 0 aliphatic rings. The van der Waals surface area contributed by atoms with E-state index >= 15 is 0 Å². The van der Waals surface area contributed by atoms with E-state index in [1.54, 1.807) is 32.0 Å². The fraction of sp³-hybridized carbons (Fsp3) is 0.148. The van der Waals surface area contributed by atoms with Crippen LogP contribution in [-0.4, -0.2) is 41.8 Å². The monoisotopic (exact) mass is 483 g/mol. The highest BCUT2D eigenvalue weighted by Gasteiger charge is 2.25. The number of nitrogens with one attached hydrogen (secondary N) is 1. The van der Waals surface area contributed by atoms with Crippen molar-refractivity contribution in [3.63, 3.8) is 0 Å². The summed E-state index contributed by atoms with van der Waals surface area (Å²) in [5, 5.41) is 2.95. The Labute approximate surface area is 207 Å². The molecule has 5 aromatic rings. The molecule has 0 aliphatic heterocycles. The zero-order valence-electron chi connectivity index (χ0n) is 20.1. The molecule has 2 aromatic heterocycles. The highest BCUT2D eigenvalue weighted by Crippen LogP contribution is 2.33. The van der Waals surface area contributed by atoms with Gasteiger partial charge in [0, 0.05) is 18.2 Å². The molecule has 9 heteroatoms. The van der Waals surface area contributed by atoms with Crippen molar-refractivity contribution in [2.45, 2.75) is 6.54 Å². The van der Waals surface area contributed by atoms with Gasteiger partial charge in [0.05, 0.1) is 38.1 Å². The van der Waals surface area contributed by atoms with Gasteiger partial charge in [-0.05, 0) is 30.3 Å². The number of benzene rings is 3. The Morgan fingerprint density at radius 1 is 0.917 bits per heavy atom. The lowest BCUT2D eigenvalue weighted by molar-refractivity contribution is 0.0953. The lowest BCUT2D eigenvalue weighted by Gasteiger charge is -2.13. The number of fused-ring (bicyclic) bond motifs is 2. The predicted molar refractivity (Wildman–Crippen MR) is 138 cm³/mol. The van der Waals surface area contributed by atoms with Gasteiger partial charge in [-0.3, -0.25) is 9.36 Å². The SMILES string of the molecule is COc1cccc(-n2c(N)c(C(=O)NCc3cccc(OC)c3OC)c3nc4ccccc4nc32)c1. The molecule has 0 atom stereocenters. The Bertz CT molecular complexity index is 1590. The van der Waals surface area contributed by atoms with E-state index in [4.69, 9.17) is 29.9 Å². The topological polar surface area (TPSA) is 114 Å². The number of anilines is 1. The average Bonchev–Trinajstić information content (AvgIpc) is 3.20. The standard InChI is InChI=1S/C27H25N5O4/c1-34-18-10-7-9-17(14-18)32-25(28)22(23-26(32)31-20-12-5-4-11-19(20)30-23)27(33)29-15-16-8-6-13-21(35-2)24(16)36-3/h4-14H,15,28H2,1-3H3,(H,29,33). The van der Waals surface area contributed by atoms with Crippen molar-refractivity contribution in [2.24, 2.45) is 0 Å². The Hall–Kier alpha value is -4.79. The normalized spacial score (nSPS) is 11.0. The van der Waals surface area contributed by atoms with E-state index in [0.29, 0.717) is 45.1 Å². The van der Waals surface area contributed by atoms with Crippen molar-refractivity contribution >= 4 is 33.9 Å². The molecule has 3 aromatic carbocycles. The maximum Gasteiger partial charge on any atom is 0.257 e. The van der Waals surface area contributed by atoms with Crippen LogP contribution >= 0.6 is 0 Å². The molecule has 0 bridgehead atoms. The first-order valence-corrected chi connectivity index (χ1v) is 11.2. The molecule has 9 nitrogen and oxygen atoms in total. The number of methoxy groups -OCH3 is 3. The molecule has 5 rings (SSSR count). The number of nitrogens with zero attached hydrogens (tertiary/aromatic N) is 3. The zero-order valence-corrected chi connectivity index (χ0v) is 20.1. The van der Waals surface area contributed by atoms with Crippen molar-refractivity contribution in [3.8, 4) is 22.9 Å². The first-order valence-electron chi connectivity index (χ1n) is 11.2. The summed E-state index contributed by atoms with van der Waals surface area (Å²) >= 11 is 0. The molecule has 2 heterocycles. The van der Waals surface area contributed by atoms with E-state index in [1.807, 2.05) is 60.7 Å². The molecule has 1 amide bonds. The maximum atomic E-state index is 13.5. The molecule has 182 valence electrons. The van der Waals surface area contributed by atoms with Crippen LogP contribution in [0.25, 0.3) is 27.9 Å². The first-order chi connectivity index (χ1) is 17.5. The molecule has 0 unspecified atom stereocenters. The van der Waals surface area contributed by atoms with Gasteiger partial charge in [-0.1, -0.05) is 30.3 Å². The zero-order chi connectivity index (χ0) is 25.2. The summed E-state index contributed by atoms with van der Waals surface area (Å²) in [6.07, 6.45) is 0. The summed E-state index contributed by atoms with van der Waals surface area (Å²) in [6, 6.07) is 20.4. The van der Waals surface area contributed by atoms with Gasteiger partial charge in [0.25, 0.3) is 5.91 Å². The third-order valence-electron chi connectivity index (χ3n) is 5.96. The van der Waals surface area contributed by atoms with Crippen LogP contribution in [-0.2, 0) is 6.54 Å². The van der Waals surface area contributed by atoms with E-state index < -0.39 is 0 Å². The number of para-hydroxylation sites is 3. The summed E-state index contributed by atoms with van der Waals surface area (Å²) in [5.74, 6) is 1.63. The Morgan fingerprint density at radius 3 is 2.39 bits per heavy atom. The van der Waals surface area contributed by atoms with E-state index in [9.17, 15) is 4.79 Å². The molecule has 0 aliphatic carbocycles. The minimum atomic E-state index is -0.381. The summed E-state index contributed by atoms with van der Waals surface area (Å²) in [4.78, 5) is 23.1. The van der Waals surface area contributed by atoms with Crippen molar-refractivity contribution in [1.29, 1.82) is 0 Å². The highest BCUT2D eigenvalue weighted by atomic mass is 16.5. The number of nitrogen functional groups attached to an aromatic ring is 1. The van der Waals surface area contributed by atoms with Crippen molar-refractivity contribution in [1.82, 2.24) is 19.9 Å². The smallest absolute Gasteiger partial charge is 0.257 e. The molecular formula is C27H25N5O4. The number of hydrogen-bond donors (Lipinski definition) is 2. The fourth-order valence-electron chi connectivity index (χ4n) is 4.25.